The molecule has 0 fully saturated rings. The summed E-state index contributed by atoms with van der Waals surface area (Å²) in [5, 5.41) is 19.6. The summed E-state index contributed by atoms with van der Waals surface area (Å²) in [6, 6.07) is 36.4. The average molecular weight is 719 g/mol. The van der Waals surface area contributed by atoms with Gasteiger partial charge in [-0.3, -0.25) is 0 Å². The van der Waals surface area contributed by atoms with Gasteiger partial charge in [-0.05, 0) is 91.6 Å². The maximum atomic E-state index is 5.17. The number of thiazole rings is 2. The largest absolute Gasteiger partial charge is 0.235 e. The Morgan fingerprint density at radius 3 is 1.27 bits per heavy atom. The summed E-state index contributed by atoms with van der Waals surface area (Å²) in [4.78, 5) is 12.8. The highest BCUT2D eigenvalue weighted by molar-refractivity contribution is 7.29. The third-order valence-corrected chi connectivity index (χ3v) is 16.1. The van der Waals surface area contributed by atoms with Gasteiger partial charge in [0.25, 0.3) is 0 Å². The van der Waals surface area contributed by atoms with E-state index in [1.807, 2.05) is 45.3 Å². The second-order valence-electron chi connectivity index (χ2n) is 12.2. The van der Waals surface area contributed by atoms with E-state index >= 15 is 0 Å². The number of hydrogen-bond donors (Lipinski definition) is 0. The Balaban J connectivity index is 0.949. The molecule has 0 unspecified atom stereocenters. The molecule has 0 aliphatic carbocycles. The van der Waals surface area contributed by atoms with E-state index in [1.165, 1.54) is 91.8 Å². The van der Waals surface area contributed by atoms with Crippen molar-refractivity contribution in [2.24, 2.45) is 0 Å². The molecule has 0 saturated carbocycles. The lowest BCUT2D eigenvalue weighted by molar-refractivity contribution is 1.50. The normalized spacial score (nSPS) is 12.6. The second-order valence-corrected chi connectivity index (χ2v) is 18.2. The molecule has 8 heteroatoms. The molecule has 2 nitrogen and oxygen atoms in total. The monoisotopic (exact) mass is 718 g/mol. The van der Waals surface area contributed by atoms with Crippen molar-refractivity contribution in [3.05, 3.63) is 108 Å². The molecular weight excluding hydrogens is 701 g/mol. The Kier molecular flexibility index (Phi) is 5.36. The fraction of sp³-hybridized carbons (Fsp3) is 0. The number of fused-ring (bicyclic) bond motifs is 13. The Morgan fingerprint density at radius 2 is 0.792 bits per heavy atom. The highest BCUT2D eigenvalue weighted by Gasteiger charge is 2.17. The first-order chi connectivity index (χ1) is 23.7. The van der Waals surface area contributed by atoms with Gasteiger partial charge in [-0.15, -0.1) is 68.0 Å². The minimum absolute atomic E-state index is 1.06. The average Bonchev–Trinajstić information content (AvgIpc) is 3.94. The molecule has 0 spiro atoms. The minimum atomic E-state index is 1.06. The van der Waals surface area contributed by atoms with Crippen LogP contribution in [0.25, 0.3) is 113 Å². The van der Waals surface area contributed by atoms with Gasteiger partial charge in [0.05, 0.1) is 30.2 Å². The van der Waals surface area contributed by atoms with Crippen LogP contribution in [-0.4, -0.2) is 9.97 Å². The maximum absolute atomic E-state index is 5.17. The second kappa shape index (κ2) is 9.66. The van der Waals surface area contributed by atoms with Crippen LogP contribution in [0, 0.1) is 0 Å². The molecule has 0 N–H and O–H groups in total. The highest BCUT2D eigenvalue weighted by atomic mass is 32.1. The maximum Gasteiger partial charge on any atom is 0.134 e. The van der Waals surface area contributed by atoms with Crippen LogP contribution in [0.1, 0.15) is 0 Å². The van der Waals surface area contributed by atoms with Crippen LogP contribution in [0.2, 0.25) is 0 Å². The lowest BCUT2D eigenvalue weighted by Gasteiger charge is -2.00. The molecule has 6 aromatic carbocycles. The third kappa shape index (κ3) is 3.76. The van der Waals surface area contributed by atoms with E-state index in [0.717, 1.165) is 21.0 Å². The first-order valence-electron chi connectivity index (χ1n) is 15.5. The van der Waals surface area contributed by atoms with Crippen molar-refractivity contribution in [1.82, 2.24) is 9.97 Å². The molecule has 0 atom stereocenters. The molecule has 12 aromatic rings. The summed E-state index contributed by atoms with van der Waals surface area (Å²) in [7, 11) is 0. The molecular formula is C40H18N2S6. The van der Waals surface area contributed by atoms with Crippen molar-refractivity contribution < 1.29 is 0 Å². The van der Waals surface area contributed by atoms with Gasteiger partial charge in [0.15, 0.2) is 0 Å². The zero-order valence-corrected chi connectivity index (χ0v) is 29.6. The number of nitrogens with zero attached hydrogens (tertiary/aromatic N) is 2. The molecule has 12 rings (SSSR count). The van der Waals surface area contributed by atoms with Crippen molar-refractivity contribution in [1.29, 1.82) is 0 Å². The highest BCUT2D eigenvalue weighted by Crippen LogP contribution is 2.45. The minimum Gasteiger partial charge on any atom is -0.235 e. The van der Waals surface area contributed by atoms with Crippen LogP contribution in [0.5, 0.6) is 0 Å². The van der Waals surface area contributed by atoms with Gasteiger partial charge in [0, 0.05) is 40.3 Å². The Hall–Kier alpha value is -4.28. The van der Waals surface area contributed by atoms with Crippen LogP contribution >= 0.6 is 68.0 Å². The summed E-state index contributed by atoms with van der Waals surface area (Å²) in [5.41, 5.74) is 2.12. The number of hydrogen-bond acceptors (Lipinski definition) is 8. The Labute approximate surface area is 296 Å². The summed E-state index contributed by atoms with van der Waals surface area (Å²) in [6.45, 7) is 0. The Morgan fingerprint density at radius 1 is 0.354 bits per heavy atom. The molecule has 6 aromatic heterocycles. The van der Waals surface area contributed by atoms with Crippen molar-refractivity contribution in [3.8, 4) is 19.8 Å². The fourth-order valence-electron chi connectivity index (χ4n) is 7.18. The third-order valence-electron chi connectivity index (χ3n) is 9.46. The number of aromatic nitrogens is 2. The Bertz CT molecular complexity index is 3020. The molecule has 0 amide bonds. The standard InChI is InChI=1S/C40H18N2S6/c1-5-27-25(35-19(1)9-11-43-35)7-3-21-15-33(45-37(21)27)39-41-29-13-23-18-32-30(14-24(23)17-31(29)47-39)42-40(48-32)34-16-22-4-8-26-28(38(22)46-34)6-2-20-10-12-44-36(20)26/h1-18H. The van der Waals surface area contributed by atoms with Gasteiger partial charge >= 0.3 is 0 Å². The molecule has 0 radical (unpaired) electrons. The SMILES string of the molecule is c1cc2ccc3c(ccc4cc(-c5nc6cc7cc8sc(-c9cc%10ccc%11c(ccc%12ccsc%12%11)c%10s9)nc8cc7cc6s5)sc43)c2s1. The van der Waals surface area contributed by atoms with E-state index < -0.39 is 0 Å². The fourth-order valence-corrected chi connectivity index (χ4v) is 13.5. The van der Waals surface area contributed by atoms with E-state index in [9.17, 15) is 0 Å². The van der Waals surface area contributed by atoms with Gasteiger partial charge in [0.1, 0.15) is 10.0 Å². The molecule has 0 aliphatic heterocycles. The van der Waals surface area contributed by atoms with Crippen LogP contribution in [0.4, 0.5) is 0 Å². The van der Waals surface area contributed by atoms with Crippen molar-refractivity contribution >= 4 is 161 Å². The zero-order valence-electron chi connectivity index (χ0n) is 24.7. The lowest BCUT2D eigenvalue weighted by atomic mass is 10.1. The zero-order chi connectivity index (χ0) is 31.1. The summed E-state index contributed by atoms with van der Waals surface area (Å²) in [5.74, 6) is 0. The summed E-state index contributed by atoms with van der Waals surface area (Å²) in [6.07, 6.45) is 0. The first-order valence-corrected chi connectivity index (χ1v) is 20.5. The van der Waals surface area contributed by atoms with Gasteiger partial charge in [-0.25, -0.2) is 9.97 Å². The lowest BCUT2D eigenvalue weighted by Crippen LogP contribution is -1.76. The molecule has 6 heterocycles. The van der Waals surface area contributed by atoms with Crippen molar-refractivity contribution in [2.45, 2.75) is 0 Å². The molecule has 0 saturated heterocycles. The van der Waals surface area contributed by atoms with Gasteiger partial charge in [0.2, 0.25) is 0 Å². The first kappa shape index (κ1) is 26.6. The summed E-state index contributed by atoms with van der Waals surface area (Å²) < 4.78 is 7.86. The smallest absolute Gasteiger partial charge is 0.134 e. The molecule has 0 bridgehead atoms. The quantitative estimate of drug-likeness (QED) is 0.178. The van der Waals surface area contributed by atoms with Crippen molar-refractivity contribution in [3.63, 3.8) is 0 Å². The van der Waals surface area contributed by atoms with Crippen LogP contribution in [0.3, 0.4) is 0 Å². The molecule has 224 valence electrons. The number of thiophene rings is 4. The van der Waals surface area contributed by atoms with E-state index in [4.69, 9.17) is 9.97 Å². The van der Waals surface area contributed by atoms with Crippen LogP contribution < -0.4 is 0 Å². The van der Waals surface area contributed by atoms with Crippen LogP contribution in [-0.2, 0) is 0 Å². The van der Waals surface area contributed by atoms with Gasteiger partial charge in [-0.2, -0.15) is 0 Å². The summed E-state index contributed by atoms with van der Waals surface area (Å²) >= 11 is 11.0. The predicted molar refractivity (Wildman–Crippen MR) is 218 cm³/mol. The van der Waals surface area contributed by atoms with E-state index in [0.29, 0.717) is 0 Å². The van der Waals surface area contributed by atoms with E-state index in [2.05, 4.69) is 108 Å². The topological polar surface area (TPSA) is 25.8 Å². The van der Waals surface area contributed by atoms with Gasteiger partial charge < -0.3 is 0 Å². The molecule has 48 heavy (non-hydrogen) atoms. The predicted octanol–water partition coefficient (Wildman–Crippen LogP) is 14.6. The van der Waals surface area contributed by atoms with Crippen LogP contribution in [0.15, 0.2) is 108 Å². The number of benzene rings is 6. The van der Waals surface area contributed by atoms with Crippen molar-refractivity contribution in [2.75, 3.05) is 0 Å². The molecule has 0 aliphatic rings. The van der Waals surface area contributed by atoms with E-state index in [1.54, 1.807) is 22.7 Å². The number of rotatable bonds is 2. The van der Waals surface area contributed by atoms with E-state index in [-0.39, 0.29) is 0 Å². The van der Waals surface area contributed by atoms with Gasteiger partial charge in [-0.1, -0.05) is 48.5 Å².